The molecule has 0 N–H and O–H groups in total. The molecule has 3 nitrogen and oxygen atoms in total. The summed E-state index contributed by atoms with van der Waals surface area (Å²) in [4.78, 5) is 16.1. The molecule has 0 aromatic heterocycles. The van der Waals surface area contributed by atoms with Crippen LogP contribution in [-0.4, -0.2) is 37.0 Å². The number of halogens is 1. The molecule has 0 bridgehead atoms. The summed E-state index contributed by atoms with van der Waals surface area (Å²) in [5, 5.41) is 0.851. The van der Waals surface area contributed by atoms with Crippen molar-refractivity contribution in [1.82, 2.24) is 4.90 Å². The van der Waals surface area contributed by atoms with E-state index in [2.05, 4.69) is 22.8 Å². The van der Waals surface area contributed by atoms with Gasteiger partial charge in [-0.25, -0.2) is 0 Å². The van der Waals surface area contributed by atoms with E-state index in [0.717, 1.165) is 37.5 Å². The Morgan fingerprint density at radius 2 is 2.00 bits per heavy atom. The molecule has 0 radical (unpaired) electrons. The summed E-state index contributed by atoms with van der Waals surface area (Å²) in [6.45, 7) is 5.22. The molecule has 1 aromatic carbocycles. The Bertz CT molecular complexity index is 571. The Balaban J connectivity index is 1.56. The van der Waals surface area contributed by atoms with Gasteiger partial charge in [-0.3, -0.25) is 4.79 Å². The van der Waals surface area contributed by atoms with Crippen molar-refractivity contribution >= 4 is 23.7 Å². The zero-order chi connectivity index (χ0) is 17.6. The highest BCUT2D eigenvalue weighted by Gasteiger charge is 2.24. The molecule has 1 heterocycles. The average molecular weight is 363 g/mol. The first-order valence-corrected chi connectivity index (χ1v) is 10.3. The molecule has 0 spiro atoms. The lowest BCUT2D eigenvalue weighted by Gasteiger charge is -2.37. The summed E-state index contributed by atoms with van der Waals surface area (Å²) in [6.07, 6.45) is 11.0. The Hall–Kier alpha value is -1.22. The van der Waals surface area contributed by atoms with E-state index in [1.807, 2.05) is 12.1 Å². The minimum Gasteiger partial charge on any atom is -0.371 e. The lowest BCUT2D eigenvalue weighted by atomic mass is 9.91. The Morgan fingerprint density at radius 3 is 2.76 bits per heavy atom. The van der Waals surface area contributed by atoms with Crippen LogP contribution in [0.25, 0.3) is 0 Å². The molecule has 2 aliphatic rings. The summed E-state index contributed by atoms with van der Waals surface area (Å²) in [6, 6.07) is 6.68. The van der Waals surface area contributed by atoms with Crippen molar-refractivity contribution < 1.29 is 4.79 Å². The van der Waals surface area contributed by atoms with Crippen molar-refractivity contribution in [2.45, 2.75) is 64.3 Å². The van der Waals surface area contributed by atoms with Crippen LogP contribution in [0.2, 0.25) is 5.02 Å². The van der Waals surface area contributed by atoms with Crippen LogP contribution in [0.4, 0.5) is 5.69 Å². The minimum atomic E-state index is 0.487. The second kappa shape index (κ2) is 8.93. The molecule has 0 unspecified atom stereocenters. The zero-order valence-electron chi connectivity index (χ0n) is 15.4. The Labute approximate surface area is 157 Å². The van der Waals surface area contributed by atoms with E-state index in [1.165, 1.54) is 56.2 Å². The van der Waals surface area contributed by atoms with Gasteiger partial charge >= 0.3 is 0 Å². The maximum Gasteiger partial charge on any atom is 0.209 e. The third-order valence-electron chi connectivity index (χ3n) is 6.07. The first-order valence-electron chi connectivity index (χ1n) is 9.90. The van der Waals surface area contributed by atoms with E-state index in [1.54, 1.807) is 0 Å². The summed E-state index contributed by atoms with van der Waals surface area (Å²) in [5.41, 5.74) is 2.46. The summed E-state index contributed by atoms with van der Waals surface area (Å²) < 4.78 is 0. The number of piperidine rings is 1. The maximum atomic E-state index is 11.5. The minimum absolute atomic E-state index is 0.487. The van der Waals surface area contributed by atoms with Crippen molar-refractivity contribution in [2.24, 2.45) is 5.92 Å². The highest BCUT2D eigenvalue weighted by molar-refractivity contribution is 6.31. The number of rotatable bonds is 6. The van der Waals surface area contributed by atoms with Gasteiger partial charge in [0.25, 0.3) is 0 Å². The van der Waals surface area contributed by atoms with E-state index < -0.39 is 0 Å². The maximum absolute atomic E-state index is 11.5. The van der Waals surface area contributed by atoms with Crippen LogP contribution in [-0.2, 0) is 4.79 Å². The van der Waals surface area contributed by atoms with Gasteiger partial charge in [-0.1, -0.05) is 36.9 Å². The molecule has 1 aliphatic heterocycles. The Morgan fingerprint density at radius 1 is 1.20 bits per heavy atom. The molecule has 1 atom stereocenters. The van der Waals surface area contributed by atoms with Crippen LogP contribution in [0.3, 0.4) is 0 Å². The number of hydrogen-bond acceptors (Lipinski definition) is 2. The van der Waals surface area contributed by atoms with E-state index in [4.69, 9.17) is 11.6 Å². The second-order valence-corrected chi connectivity index (χ2v) is 8.17. The third-order valence-corrected chi connectivity index (χ3v) is 6.48. The monoisotopic (exact) mass is 362 g/mol. The van der Waals surface area contributed by atoms with Gasteiger partial charge in [-0.15, -0.1) is 0 Å². The Kier molecular flexibility index (Phi) is 6.63. The van der Waals surface area contributed by atoms with Crippen LogP contribution < -0.4 is 4.90 Å². The van der Waals surface area contributed by atoms with Crippen LogP contribution >= 0.6 is 11.6 Å². The molecule has 2 fully saturated rings. The molecule has 3 rings (SSSR count). The lowest BCUT2D eigenvalue weighted by Crippen LogP contribution is -2.40. The van der Waals surface area contributed by atoms with Gasteiger partial charge in [-0.05, 0) is 62.6 Å². The van der Waals surface area contributed by atoms with Gasteiger partial charge in [0.05, 0.1) is 0 Å². The van der Waals surface area contributed by atoms with Crippen LogP contribution in [0.1, 0.15) is 56.9 Å². The van der Waals surface area contributed by atoms with Crippen LogP contribution in [0.5, 0.6) is 0 Å². The molecule has 25 heavy (non-hydrogen) atoms. The average Bonchev–Trinajstić information content (AvgIpc) is 2.65. The fraction of sp³-hybridized carbons (Fsp3) is 0.667. The number of carbonyl (C=O) groups is 1. The van der Waals surface area contributed by atoms with E-state index in [9.17, 15) is 4.79 Å². The molecule has 1 saturated carbocycles. The fourth-order valence-electron chi connectivity index (χ4n) is 4.52. The number of nitrogens with zero attached hydrogens (tertiary/aromatic N) is 2. The zero-order valence-corrected chi connectivity index (χ0v) is 16.2. The number of benzene rings is 1. The molecule has 1 aromatic rings. The van der Waals surface area contributed by atoms with E-state index in [-0.39, 0.29) is 0 Å². The molecular formula is C21H31ClN2O. The topological polar surface area (TPSA) is 23.6 Å². The highest BCUT2D eigenvalue weighted by Crippen LogP contribution is 2.31. The van der Waals surface area contributed by atoms with E-state index in [0.29, 0.717) is 12.0 Å². The van der Waals surface area contributed by atoms with E-state index >= 15 is 0 Å². The molecule has 1 saturated heterocycles. The first-order chi connectivity index (χ1) is 12.2. The number of hydrogen-bond donors (Lipinski definition) is 0. The largest absolute Gasteiger partial charge is 0.371 e. The van der Waals surface area contributed by atoms with Gasteiger partial charge in [0.1, 0.15) is 0 Å². The standard InChI is InChI=1S/C21H31ClN2O/c1-17-20(22)10-5-11-21(17)23-13-6-7-18(15-23)12-14-24(16-25)19-8-3-2-4-9-19/h5,10-11,16,18-19H,2-4,6-9,12-15H2,1H3/t18-/m0/s1. The van der Waals surface area contributed by atoms with Gasteiger partial charge in [-0.2, -0.15) is 0 Å². The predicted molar refractivity (Wildman–Crippen MR) is 105 cm³/mol. The van der Waals surface area contributed by atoms with Crippen LogP contribution in [0, 0.1) is 12.8 Å². The molecule has 4 heteroatoms. The van der Waals surface area contributed by atoms with Gasteiger partial charge in [0, 0.05) is 36.4 Å². The van der Waals surface area contributed by atoms with Crippen LogP contribution in [0.15, 0.2) is 18.2 Å². The number of carbonyl (C=O) groups excluding carboxylic acids is 1. The van der Waals surface area contributed by atoms with Gasteiger partial charge in [0.15, 0.2) is 0 Å². The third kappa shape index (κ3) is 4.69. The molecule has 138 valence electrons. The molecule has 1 amide bonds. The smallest absolute Gasteiger partial charge is 0.209 e. The lowest BCUT2D eigenvalue weighted by molar-refractivity contribution is -0.121. The number of anilines is 1. The van der Waals surface area contributed by atoms with Crippen molar-refractivity contribution in [3.05, 3.63) is 28.8 Å². The molecule has 1 aliphatic carbocycles. The highest BCUT2D eigenvalue weighted by atomic mass is 35.5. The quantitative estimate of drug-likeness (QED) is 0.661. The van der Waals surface area contributed by atoms with Gasteiger partial charge < -0.3 is 9.80 Å². The summed E-state index contributed by atoms with van der Waals surface area (Å²) in [7, 11) is 0. The van der Waals surface area contributed by atoms with Crippen molar-refractivity contribution in [3.63, 3.8) is 0 Å². The second-order valence-electron chi connectivity index (χ2n) is 7.76. The number of amides is 1. The first kappa shape index (κ1) is 18.6. The van der Waals surface area contributed by atoms with Gasteiger partial charge in [0.2, 0.25) is 6.41 Å². The summed E-state index contributed by atoms with van der Waals surface area (Å²) >= 11 is 6.30. The van der Waals surface area contributed by atoms with Crippen molar-refractivity contribution in [2.75, 3.05) is 24.5 Å². The summed E-state index contributed by atoms with van der Waals surface area (Å²) in [5.74, 6) is 0.665. The SMILES string of the molecule is Cc1c(Cl)cccc1N1CCC[C@@H](CCN(C=O)C2CCCCC2)C1. The van der Waals surface area contributed by atoms with Crippen molar-refractivity contribution in [1.29, 1.82) is 0 Å². The normalized spacial score (nSPS) is 22.0. The predicted octanol–water partition coefficient (Wildman–Crippen LogP) is 5.05. The van der Waals surface area contributed by atoms with Crippen molar-refractivity contribution in [3.8, 4) is 0 Å². The molecular weight excluding hydrogens is 332 g/mol. The fourth-order valence-corrected chi connectivity index (χ4v) is 4.69.